The van der Waals surface area contributed by atoms with Crippen molar-refractivity contribution in [3.63, 3.8) is 0 Å². The number of nitrogens with zero attached hydrogens (tertiary/aromatic N) is 1. The van der Waals surface area contributed by atoms with Crippen LogP contribution >= 0.6 is 23.5 Å². The number of likely N-dealkylation sites (N-methyl/N-ethyl adjacent to an activating group) is 1. The van der Waals surface area contributed by atoms with Crippen LogP contribution in [0.15, 0.2) is 10.4 Å². The molecule has 0 saturated carbocycles. The fraction of sp³-hybridized carbons (Fsp3) is 0.250. The fourth-order valence-electron chi connectivity index (χ4n) is 0.362. The third-order valence-electron chi connectivity index (χ3n) is 0.647. The van der Waals surface area contributed by atoms with Gasteiger partial charge in [-0.15, -0.1) is 11.9 Å². The zero-order chi connectivity index (χ0) is 5.28. The van der Waals surface area contributed by atoms with E-state index in [1.807, 2.05) is 24.0 Å². The standard InChI is InChI=1S/C4H5ClNS.Cu/c1-6-3-2-4(5)7-6;/h2-3H,1H3;/q-1;+1. The Morgan fingerprint density at radius 1 is 1.88 bits per heavy atom. The molecular weight excluding hydrogens is 193 g/mol. The van der Waals surface area contributed by atoms with Crippen LogP contribution in [-0.4, -0.2) is 11.4 Å². The zero-order valence-electron chi connectivity index (χ0n) is 4.19. The van der Waals surface area contributed by atoms with Crippen LogP contribution < -0.4 is 0 Å². The molecule has 50 valence electrons. The molecule has 0 saturated heterocycles. The Morgan fingerprint density at radius 2 is 2.50 bits per heavy atom. The molecule has 0 spiro atoms. The number of hydrogen-bond acceptors (Lipinski definition) is 2. The molecule has 1 heterocycles. The van der Waals surface area contributed by atoms with Gasteiger partial charge in [0.2, 0.25) is 0 Å². The summed E-state index contributed by atoms with van der Waals surface area (Å²) in [5.41, 5.74) is 0. The third kappa shape index (κ3) is 2.33. The summed E-state index contributed by atoms with van der Waals surface area (Å²) in [5.74, 6) is 0. The smallest absolute Gasteiger partial charge is 0.320 e. The van der Waals surface area contributed by atoms with Gasteiger partial charge in [-0.1, -0.05) is 4.36 Å². The molecule has 0 N–H and O–H groups in total. The predicted molar refractivity (Wildman–Crippen MR) is 33.6 cm³/mol. The molecule has 1 rings (SSSR count). The van der Waals surface area contributed by atoms with Crippen molar-refractivity contribution < 1.29 is 17.1 Å². The minimum atomic E-state index is 0. The van der Waals surface area contributed by atoms with E-state index in [1.54, 1.807) is 0 Å². The van der Waals surface area contributed by atoms with Crippen LogP contribution in [0.4, 0.5) is 0 Å². The van der Waals surface area contributed by atoms with Crippen molar-refractivity contribution in [1.82, 2.24) is 4.31 Å². The van der Waals surface area contributed by atoms with Crippen molar-refractivity contribution in [3.05, 3.63) is 17.0 Å². The quantitative estimate of drug-likeness (QED) is 0.332. The summed E-state index contributed by atoms with van der Waals surface area (Å²) >= 11 is 7.08. The first kappa shape index (κ1) is 8.73. The van der Waals surface area contributed by atoms with Gasteiger partial charge in [-0.2, -0.15) is 24.2 Å². The molecule has 1 nitrogen and oxygen atoms in total. The van der Waals surface area contributed by atoms with Gasteiger partial charge >= 0.3 is 17.1 Å². The maximum Gasteiger partial charge on any atom is 1.00 e. The molecule has 1 aliphatic heterocycles. The predicted octanol–water partition coefficient (Wildman–Crippen LogP) is 1.82. The molecule has 0 aromatic rings. The Morgan fingerprint density at radius 3 is 2.62 bits per heavy atom. The molecule has 0 fully saturated rings. The van der Waals surface area contributed by atoms with Gasteiger partial charge in [-0.05, 0) is 7.05 Å². The molecule has 0 radical (unpaired) electrons. The van der Waals surface area contributed by atoms with Crippen molar-refractivity contribution in [1.29, 1.82) is 0 Å². The second-order valence-electron chi connectivity index (χ2n) is 1.26. The average molecular weight is 198 g/mol. The summed E-state index contributed by atoms with van der Waals surface area (Å²) in [5, 5.41) is 0. The van der Waals surface area contributed by atoms with E-state index in [-0.39, 0.29) is 17.1 Å². The Labute approximate surface area is 69.1 Å². The number of hydrogen-bond donors (Lipinski definition) is 0. The summed E-state index contributed by atoms with van der Waals surface area (Å²) in [6, 6.07) is 0. The van der Waals surface area contributed by atoms with E-state index >= 15 is 0 Å². The molecular formula is C4H5ClCuNS. The molecule has 8 heavy (non-hydrogen) atoms. The molecule has 0 unspecified atom stereocenters. The van der Waals surface area contributed by atoms with Crippen molar-refractivity contribution in [3.8, 4) is 0 Å². The van der Waals surface area contributed by atoms with E-state index in [4.69, 9.17) is 11.6 Å². The van der Waals surface area contributed by atoms with Crippen molar-refractivity contribution in [2.75, 3.05) is 7.05 Å². The second kappa shape index (κ2) is 3.70. The Hall–Kier alpha value is 0.729. The fourth-order valence-corrected chi connectivity index (χ4v) is 1.26. The van der Waals surface area contributed by atoms with Gasteiger partial charge in [0.25, 0.3) is 0 Å². The van der Waals surface area contributed by atoms with Crippen molar-refractivity contribution >= 4 is 23.5 Å². The van der Waals surface area contributed by atoms with E-state index < -0.39 is 0 Å². The molecule has 4 heteroatoms. The van der Waals surface area contributed by atoms with E-state index in [0.717, 1.165) is 4.36 Å². The summed E-state index contributed by atoms with van der Waals surface area (Å²) < 4.78 is 2.78. The van der Waals surface area contributed by atoms with Gasteiger partial charge in [0.05, 0.1) is 0 Å². The Kier molecular flexibility index (Phi) is 4.03. The van der Waals surface area contributed by atoms with E-state index in [2.05, 4.69) is 0 Å². The summed E-state index contributed by atoms with van der Waals surface area (Å²) in [7, 11) is 1.95. The number of rotatable bonds is 0. The SMILES string of the molecule is CN1[CH-]C=C(Cl)S1.[Cu+]. The zero-order valence-corrected chi connectivity index (χ0v) is 6.70. The molecule has 0 bridgehead atoms. The minimum Gasteiger partial charge on any atom is -0.320 e. The van der Waals surface area contributed by atoms with Gasteiger partial charge in [0.15, 0.2) is 0 Å². The van der Waals surface area contributed by atoms with E-state index in [9.17, 15) is 0 Å². The summed E-state index contributed by atoms with van der Waals surface area (Å²) in [6.45, 7) is 1.92. The van der Waals surface area contributed by atoms with Crippen molar-refractivity contribution in [2.45, 2.75) is 0 Å². The average Bonchev–Trinajstić information content (AvgIpc) is 1.87. The van der Waals surface area contributed by atoms with Crippen LogP contribution in [0.2, 0.25) is 0 Å². The number of halogens is 1. The molecule has 1 aliphatic rings. The maximum atomic E-state index is 5.56. The third-order valence-corrected chi connectivity index (χ3v) is 1.70. The first-order chi connectivity index (χ1) is 3.29. The molecule has 0 atom stereocenters. The van der Waals surface area contributed by atoms with Crippen LogP contribution in [0.5, 0.6) is 0 Å². The van der Waals surface area contributed by atoms with Crippen LogP contribution in [0.3, 0.4) is 0 Å². The van der Waals surface area contributed by atoms with Crippen LogP contribution in [0.25, 0.3) is 0 Å². The Bertz CT molecular complexity index is 106. The summed E-state index contributed by atoms with van der Waals surface area (Å²) in [6.07, 6.45) is 1.87. The maximum absolute atomic E-state index is 5.56. The van der Waals surface area contributed by atoms with Crippen LogP contribution in [0, 0.1) is 6.54 Å². The van der Waals surface area contributed by atoms with Crippen LogP contribution in [0.1, 0.15) is 0 Å². The largest absolute Gasteiger partial charge is 1.00 e. The van der Waals surface area contributed by atoms with Gasteiger partial charge in [0.1, 0.15) is 0 Å². The first-order valence-electron chi connectivity index (χ1n) is 1.90. The van der Waals surface area contributed by atoms with E-state index in [1.165, 1.54) is 11.9 Å². The molecule has 0 aliphatic carbocycles. The van der Waals surface area contributed by atoms with E-state index in [0.29, 0.717) is 0 Å². The normalized spacial score (nSPS) is 19.0. The van der Waals surface area contributed by atoms with Gasteiger partial charge in [0, 0.05) is 0 Å². The monoisotopic (exact) mass is 197 g/mol. The minimum absolute atomic E-state index is 0. The van der Waals surface area contributed by atoms with Gasteiger partial charge in [-0.25, -0.2) is 0 Å². The van der Waals surface area contributed by atoms with Crippen LogP contribution in [-0.2, 0) is 17.1 Å². The molecule has 0 amide bonds. The molecule has 0 aromatic carbocycles. The molecule has 0 aromatic heterocycles. The van der Waals surface area contributed by atoms with Crippen molar-refractivity contribution in [2.24, 2.45) is 0 Å². The second-order valence-corrected chi connectivity index (χ2v) is 3.09. The summed E-state index contributed by atoms with van der Waals surface area (Å²) in [4.78, 5) is 0. The van der Waals surface area contributed by atoms with Gasteiger partial charge < -0.3 is 4.31 Å². The topological polar surface area (TPSA) is 3.24 Å². The Balaban J connectivity index is 0.000000490. The first-order valence-corrected chi connectivity index (χ1v) is 3.05. The van der Waals surface area contributed by atoms with Gasteiger partial charge in [-0.3, -0.25) is 0 Å².